The standard InChI is InChI=1S/C27H28ClN3O4/c1-3-18-6-8-19(9-7-18)24-23(25(32)20-10-11-22(35-4-2)21(28)16-20)26(33)27(34)31(24)14-5-13-30-15-12-29-17-30/h6-12,15-17,24,32H,3-5,13-14H2,1-2H3/b25-23+. The second-order valence-electron chi connectivity index (χ2n) is 8.32. The quantitative estimate of drug-likeness (QED) is 0.257. The van der Waals surface area contributed by atoms with Gasteiger partial charge in [-0.2, -0.15) is 0 Å². The van der Waals surface area contributed by atoms with Crippen molar-refractivity contribution in [2.24, 2.45) is 0 Å². The molecule has 1 N–H and O–H groups in total. The van der Waals surface area contributed by atoms with Crippen molar-refractivity contribution in [3.63, 3.8) is 0 Å². The summed E-state index contributed by atoms with van der Waals surface area (Å²) in [6, 6.07) is 11.9. The van der Waals surface area contributed by atoms with Crippen LogP contribution in [0.15, 0.2) is 66.8 Å². The molecular formula is C27H28ClN3O4. The second kappa shape index (κ2) is 10.8. The number of halogens is 1. The van der Waals surface area contributed by atoms with Gasteiger partial charge in [0.15, 0.2) is 0 Å². The highest BCUT2D eigenvalue weighted by Gasteiger charge is 2.45. The molecule has 8 heteroatoms. The summed E-state index contributed by atoms with van der Waals surface area (Å²) < 4.78 is 7.39. The average molecular weight is 494 g/mol. The van der Waals surface area contributed by atoms with Crippen molar-refractivity contribution in [2.45, 2.75) is 39.3 Å². The van der Waals surface area contributed by atoms with Crippen molar-refractivity contribution < 1.29 is 19.4 Å². The smallest absolute Gasteiger partial charge is 0.295 e. The summed E-state index contributed by atoms with van der Waals surface area (Å²) in [4.78, 5) is 31.9. The molecule has 0 radical (unpaired) electrons. The van der Waals surface area contributed by atoms with Crippen LogP contribution in [-0.2, 0) is 22.6 Å². The Balaban J connectivity index is 1.73. The number of rotatable bonds is 9. The number of amides is 1. The third-order valence-electron chi connectivity index (χ3n) is 6.12. The summed E-state index contributed by atoms with van der Waals surface area (Å²) in [6.45, 7) is 5.36. The minimum Gasteiger partial charge on any atom is -0.507 e. The molecule has 1 aromatic heterocycles. The number of Topliss-reactive ketones (excluding diaryl/α,β-unsaturated/α-hetero) is 1. The van der Waals surface area contributed by atoms with Crippen molar-refractivity contribution in [1.82, 2.24) is 14.5 Å². The van der Waals surface area contributed by atoms with Crippen molar-refractivity contribution in [3.05, 3.63) is 88.5 Å². The van der Waals surface area contributed by atoms with Gasteiger partial charge in [-0.25, -0.2) is 4.98 Å². The van der Waals surface area contributed by atoms with E-state index in [0.717, 1.165) is 17.5 Å². The van der Waals surface area contributed by atoms with Crippen LogP contribution in [0.4, 0.5) is 0 Å². The number of carbonyl (C=O) groups is 2. The molecule has 2 aromatic carbocycles. The summed E-state index contributed by atoms with van der Waals surface area (Å²) in [5.74, 6) is -1.11. The maximum Gasteiger partial charge on any atom is 0.295 e. The third kappa shape index (κ3) is 5.10. The van der Waals surface area contributed by atoms with Crippen LogP contribution in [0, 0.1) is 0 Å². The lowest BCUT2D eigenvalue weighted by Gasteiger charge is -2.25. The number of aromatic nitrogens is 2. The number of hydrogen-bond acceptors (Lipinski definition) is 5. The van der Waals surface area contributed by atoms with Gasteiger partial charge in [0.05, 0.1) is 29.6 Å². The number of aliphatic hydroxyl groups is 1. The van der Waals surface area contributed by atoms with E-state index in [4.69, 9.17) is 16.3 Å². The van der Waals surface area contributed by atoms with E-state index in [1.165, 1.54) is 0 Å². The van der Waals surface area contributed by atoms with Gasteiger partial charge in [0.1, 0.15) is 11.5 Å². The highest BCUT2D eigenvalue weighted by molar-refractivity contribution is 6.46. The lowest BCUT2D eigenvalue weighted by molar-refractivity contribution is -0.139. The molecule has 1 amide bonds. The fourth-order valence-corrected chi connectivity index (χ4v) is 4.55. The molecule has 1 saturated heterocycles. The SMILES string of the molecule is CCOc1ccc(/C(O)=C2\C(=O)C(=O)N(CCCn3ccnc3)C2c2ccc(CC)cc2)cc1Cl. The molecule has 35 heavy (non-hydrogen) atoms. The van der Waals surface area contributed by atoms with Crippen LogP contribution in [0.25, 0.3) is 5.76 Å². The van der Waals surface area contributed by atoms with Gasteiger partial charge in [0.2, 0.25) is 0 Å². The van der Waals surface area contributed by atoms with Crippen LogP contribution in [0.3, 0.4) is 0 Å². The van der Waals surface area contributed by atoms with Crippen molar-refractivity contribution in [2.75, 3.05) is 13.2 Å². The Hall–Kier alpha value is -3.58. The van der Waals surface area contributed by atoms with Crippen molar-refractivity contribution in [1.29, 1.82) is 0 Å². The molecule has 4 rings (SSSR count). The van der Waals surface area contributed by atoms with Crippen LogP contribution in [-0.4, -0.2) is 44.4 Å². The Bertz CT molecular complexity index is 1240. The minimum atomic E-state index is -0.709. The Morgan fingerprint density at radius 3 is 2.51 bits per heavy atom. The number of aliphatic hydroxyl groups excluding tert-OH is 1. The monoisotopic (exact) mass is 493 g/mol. The molecule has 2 heterocycles. The van der Waals surface area contributed by atoms with Crippen LogP contribution >= 0.6 is 11.6 Å². The van der Waals surface area contributed by atoms with Gasteiger partial charge in [-0.15, -0.1) is 0 Å². The highest BCUT2D eigenvalue weighted by Crippen LogP contribution is 2.40. The van der Waals surface area contributed by atoms with E-state index in [2.05, 4.69) is 11.9 Å². The van der Waals surface area contributed by atoms with Gasteiger partial charge in [0.25, 0.3) is 11.7 Å². The topological polar surface area (TPSA) is 84.7 Å². The average Bonchev–Trinajstić information content (AvgIpc) is 3.47. The first kappa shape index (κ1) is 24.5. The zero-order valence-corrected chi connectivity index (χ0v) is 20.5. The van der Waals surface area contributed by atoms with Gasteiger partial charge < -0.3 is 19.3 Å². The first-order valence-corrected chi connectivity index (χ1v) is 12.1. The van der Waals surface area contributed by atoms with E-state index in [1.807, 2.05) is 42.0 Å². The second-order valence-corrected chi connectivity index (χ2v) is 8.73. The van der Waals surface area contributed by atoms with Gasteiger partial charge in [-0.3, -0.25) is 9.59 Å². The van der Waals surface area contributed by atoms with Crippen LogP contribution < -0.4 is 4.74 Å². The van der Waals surface area contributed by atoms with Gasteiger partial charge >= 0.3 is 0 Å². The van der Waals surface area contributed by atoms with Crippen LogP contribution in [0.2, 0.25) is 5.02 Å². The Kier molecular flexibility index (Phi) is 7.56. The minimum absolute atomic E-state index is 0.0575. The predicted octanol–water partition coefficient (Wildman–Crippen LogP) is 5.01. The maximum absolute atomic E-state index is 13.2. The Labute approximate surface area is 209 Å². The molecule has 1 aliphatic rings. The summed E-state index contributed by atoms with van der Waals surface area (Å²) in [7, 11) is 0. The molecule has 0 bridgehead atoms. The van der Waals surface area contributed by atoms with E-state index < -0.39 is 17.7 Å². The molecule has 1 aliphatic heterocycles. The van der Waals surface area contributed by atoms with E-state index in [-0.39, 0.29) is 11.3 Å². The molecule has 7 nitrogen and oxygen atoms in total. The first-order chi connectivity index (χ1) is 16.9. The normalized spacial score (nSPS) is 17.2. The zero-order chi connectivity index (χ0) is 24.9. The van der Waals surface area contributed by atoms with Crippen molar-refractivity contribution >= 4 is 29.1 Å². The molecule has 0 aliphatic carbocycles. The zero-order valence-electron chi connectivity index (χ0n) is 19.8. The first-order valence-electron chi connectivity index (χ1n) is 11.7. The summed E-state index contributed by atoms with van der Waals surface area (Å²) >= 11 is 6.33. The number of nitrogens with zero attached hydrogens (tertiary/aromatic N) is 3. The number of likely N-dealkylation sites (tertiary alicyclic amines) is 1. The van der Waals surface area contributed by atoms with E-state index in [0.29, 0.717) is 42.5 Å². The van der Waals surface area contributed by atoms with Crippen molar-refractivity contribution in [3.8, 4) is 5.75 Å². The summed E-state index contributed by atoms with van der Waals surface area (Å²) in [6.07, 6.45) is 6.76. The number of ketones is 1. The highest BCUT2D eigenvalue weighted by atomic mass is 35.5. The number of benzene rings is 2. The molecule has 3 aromatic rings. The molecular weight excluding hydrogens is 466 g/mol. The van der Waals surface area contributed by atoms with E-state index in [9.17, 15) is 14.7 Å². The fraction of sp³-hybridized carbons (Fsp3) is 0.296. The van der Waals surface area contributed by atoms with Crippen LogP contribution in [0.1, 0.15) is 43.0 Å². The summed E-state index contributed by atoms with van der Waals surface area (Å²) in [5, 5.41) is 11.6. The number of hydrogen-bond donors (Lipinski definition) is 1. The molecule has 0 spiro atoms. The number of carbonyl (C=O) groups excluding carboxylic acids is 2. The summed E-state index contributed by atoms with van der Waals surface area (Å²) in [5.41, 5.74) is 2.32. The number of aryl methyl sites for hydroxylation is 2. The lowest BCUT2D eigenvalue weighted by Crippen LogP contribution is -2.31. The van der Waals surface area contributed by atoms with Gasteiger partial charge in [0, 0.05) is 31.0 Å². The fourth-order valence-electron chi connectivity index (χ4n) is 4.31. The molecule has 182 valence electrons. The largest absolute Gasteiger partial charge is 0.507 e. The Morgan fingerprint density at radius 2 is 1.89 bits per heavy atom. The molecule has 1 fully saturated rings. The maximum atomic E-state index is 13.2. The third-order valence-corrected chi connectivity index (χ3v) is 6.42. The molecule has 0 saturated carbocycles. The number of imidazole rings is 1. The number of ether oxygens (including phenoxy) is 1. The van der Waals surface area contributed by atoms with Gasteiger partial charge in [-0.05, 0) is 49.1 Å². The lowest BCUT2D eigenvalue weighted by atomic mass is 9.94. The molecule has 1 atom stereocenters. The van der Waals surface area contributed by atoms with Crippen LogP contribution in [0.5, 0.6) is 5.75 Å². The molecule has 1 unspecified atom stereocenters. The van der Waals surface area contributed by atoms with Gasteiger partial charge in [-0.1, -0.05) is 42.8 Å². The van der Waals surface area contributed by atoms with E-state index in [1.54, 1.807) is 35.6 Å². The predicted molar refractivity (Wildman–Crippen MR) is 134 cm³/mol. The van der Waals surface area contributed by atoms with E-state index >= 15 is 0 Å². The Morgan fingerprint density at radius 1 is 1.11 bits per heavy atom.